The zero-order chi connectivity index (χ0) is 20.7. The van der Waals surface area contributed by atoms with Crippen LogP contribution in [0.4, 0.5) is 10.5 Å². The molecule has 8 nitrogen and oxygen atoms in total. The highest BCUT2D eigenvalue weighted by Gasteiger charge is 2.24. The number of hydrogen-bond donors (Lipinski definition) is 2. The molecule has 0 unspecified atom stereocenters. The van der Waals surface area contributed by atoms with E-state index in [1.165, 1.54) is 0 Å². The van der Waals surface area contributed by atoms with E-state index >= 15 is 0 Å². The first-order valence-electron chi connectivity index (χ1n) is 9.44. The number of nitrogens with zero attached hydrogens (tertiary/aromatic N) is 1. The largest absolute Gasteiger partial charge is 0.497 e. The Bertz CT molecular complexity index is 679. The van der Waals surface area contributed by atoms with Gasteiger partial charge in [0, 0.05) is 25.2 Å². The number of alkyl carbamates (subject to hydrolysis) is 1. The van der Waals surface area contributed by atoms with Gasteiger partial charge in [0.1, 0.15) is 17.1 Å². The summed E-state index contributed by atoms with van der Waals surface area (Å²) in [4.78, 5) is 26.4. The van der Waals surface area contributed by atoms with E-state index in [1.54, 1.807) is 32.4 Å². The number of likely N-dealkylation sites (tertiary alicyclic amines) is 1. The quantitative estimate of drug-likeness (QED) is 0.772. The summed E-state index contributed by atoms with van der Waals surface area (Å²) in [7, 11) is 3.13. The molecular weight excluding hydrogens is 362 g/mol. The third kappa shape index (κ3) is 6.92. The molecule has 1 aliphatic heterocycles. The van der Waals surface area contributed by atoms with Crippen LogP contribution in [0.2, 0.25) is 0 Å². The molecule has 2 N–H and O–H groups in total. The van der Waals surface area contributed by atoms with Gasteiger partial charge in [0.05, 0.1) is 26.5 Å². The van der Waals surface area contributed by atoms with Gasteiger partial charge in [-0.2, -0.15) is 0 Å². The molecule has 2 rings (SSSR count). The second-order valence-electron chi connectivity index (χ2n) is 7.81. The highest BCUT2D eigenvalue weighted by atomic mass is 16.6. The normalized spacial score (nSPS) is 15.6. The number of carbonyl (C=O) groups is 2. The molecule has 0 spiro atoms. The van der Waals surface area contributed by atoms with Crippen LogP contribution >= 0.6 is 0 Å². The fourth-order valence-electron chi connectivity index (χ4n) is 3.01. The summed E-state index contributed by atoms with van der Waals surface area (Å²) >= 11 is 0. The van der Waals surface area contributed by atoms with Crippen molar-refractivity contribution in [2.45, 2.75) is 45.3 Å². The predicted molar refractivity (Wildman–Crippen MR) is 107 cm³/mol. The molecule has 0 radical (unpaired) electrons. The number of piperidine rings is 1. The molecule has 0 aromatic heterocycles. The standard InChI is InChI=1S/C20H31N3O5/c1-20(2,3)28-19(25)21-14-8-10-23(11-9-14)13-18(24)22-16-12-15(26-4)6-7-17(16)27-5/h6-7,12,14H,8-11,13H2,1-5H3,(H,21,25)(H,22,24). The summed E-state index contributed by atoms with van der Waals surface area (Å²) in [6, 6.07) is 5.32. The molecule has 0 aliphatic carbocycles. The van der Waals surface area contributed by atoms with Crippen LogP contribution in [0.1, 0.15) is 33.6 Å². The number of nitrogens with one attached hydrogen (secondary N) is 2. The van der Waals surface area contributed by atoms with E-state index in [4.69, 9.17) is 14.2 Å². The van der Waals surface area contributed by atoms with E-state index in [0.29, 0.717) is 17.2 Å². The lowest BCUT2D eigenvalue weighted by atomic mass is 10.1. The molecule has 1 aromatic rings. The van der Waals surface area contributed by atoms with Crippen molar-refractivity contribution in [3.05, 3.63) is 18.2 Å². The zero-order valence-corrected chi connectivity index (χ0v) is 17.3. The molecule has 156 valence electrons. The lowest BCUT2D eigenvalue weighted by Gasteiger charge is -2.32. The molecule has 0 bridgehead atoms. The first kappa shape index (κ1) is 21.8. The summed E-state index contributed by atoms with van der Waals surface area (Å²) in [5.74, 6) is 1.10. The smallest absolute Gasteiger partial charge is 0.407 e. The first-order chi connectivity index (χ1) is 13.2. The number of methoxy groups -OCH3 is 2. The van der Waals surface area contributed by atoms with Crippen LogP contribution in [-0.4, -0.2) is 62.4 Å². The number of hydrogen-bond acceptors (Lipinski definition) is 6. The van der Waals surface area contributed by atoms with Gasteiger partial charge >= 0.3 is 6.09 Å². The number of ether oxygens (including phenoxy) is 3. The molecule has 0 saturated carbocycles. The van der Waals surface area contributed by atoms with E-state index in [-0.39, 0.29) is 18.5 Å². The maximum Gasteiger partial charge on any atom is 0.407 e. The van der Waals surface area contributed by atoms with Crippen molar-refractivity contribution < 1.29 is 23.8 Å². The Labute approximate surface area is 166 Å². The van der Waals surface area contributed by atoms with Crippen LogP contribution in [-0.2, 0) is 9.53 Å². The maximum atomic E-state index is 12.4. The molecule has 8 heteroatoms. The van der Waals surface area contributed by atoms with Crippen LogP contribution in [0.15, 0.2) is 18.2 Å². The predicted octanol–water partition coefficient (Wildman–Crippen LogP) is 2.63. The van der Waals surface area contributed by atoms with Crippen molar-refractivity contribution in [2.75, 3.05) is 39.2 Å². The van der Waals surface area contributed by atoms with Crippen molar-refractivity contribution in [1.29, 1.82) is 0 Å². The van der Waals surface area contributed by atoms with E-state index in [2.05, 4.69) is 15.5 Å². The average molecular weight is 393 g/mol. The van der Waals surface area contributed by atoms with Crippen LogP contribution in [0, 0.1) is 0 Å². The molecule has 0 atom stereocenters. The van der Waals surface area contributed by atoms with Gasteiger partial charge in [0.25, 0.3) is 0 Å². The molecule has 1 fully saturated rings. The highest BCUT2D eigenvalue weighted by Crippen LogP contribution is 2.28. The van der Waals surface area contributed by atoms with Crippen molar-refractivity contribution in [3.8, 4) is 11.5 Å². The summed E-state index contributed by atoms with van der Waals surface area (Å²) in [5, 5.41) is 5.78. The SMILES string of the molecule is COc1ccc(OC)c(NC(=O)CN2CCC(NC(=O)OC(C)(C)C)CC2)c1. The third-order valence-corrected chi connectivity index (χ3v) is 4.36. The molecule has 2 amide bonds. The minimum atomic E-state index is -0.510. The minimum Gasteiger partial charge on any atom is -0.497 e. The Morgan fingerprint density at radius 3 is 2.39 bits per heavy atom. The van der Waals surface area contributed by atoms with E-state index < -0.39 is 11.7 Å². The Morgan fingerprint density at radius 1 is 1.14 bits per heavy atom. The molecule has 1 aromatic carbocycles. The second-order valence-corrected chi connectivity index (χ2v) is 7.81. The van der Waals surface area contributed by atoms with Crippen LogP contribution in [0.25, 0.3) is 0 Å². The molecule has 1 aliphatic rings. The summed E-state index contributed by atoms with van der Waals surface area (Å²) in [6.45, 7) is 7.24. The Hall–Kier alpha value is -2.48. The van der Waals surface area contributed by atoms with Gasteiger partial charge in [-0.05, 0) is 45.7 Å². The number of anilines is 1. The number of carbonyl (C=O) groups excluding carboxylic acids is 2. The lowest BCUT2D eigenvalue weighted by molar-refractivity contribution is -0.117. The second kappa shape index (κ2) is 9.64. The summed E-state index contributed by atoms with van der Waals surface area (Å²) < 4.78 is 15.8. The van der Waals surface area contributed by atoms with Gasteiger partial charge in [-0.25, -0.2) is 4.79 Å². The Balaban J connectivity index is 1.80. The topological polar surface area (TPSA) is 89.1 Å². The lowest BCUT2D eigenvalue weighted by Crippen LogP contribution is -2.47. The van der Waals surface area contributed by atoms with Gasteiger partial charge in [-0.1, -0.05) is 0 Å². The van der Waals surface area contributed by atoms with E-state index in [1.807, 2.05) is 20.8 Å². The molecular formula is C20H31N3O5. The molecule has 28 heavy (non-hydrogen) atoms. The number of benzene rings is 1. The minimum absolute atomic E-state index is 0.0626. The van der Waals surface area contributed by atoms with Gasteiger partial charge in [0.15, 0.2) is 0 Å². The average Bonchev–Trinajstić information content (AvgIpc) is 2.61. The molecule has 1 saturated heterocycles. The van der Waals surface area contributed by atoms with Crippen LogP contribution < -0.4 is 20.1 Å². The summed E-state index contributed by atoms with van der Waals surface area (Å²) in [6.07, 6.45) is 1.15. The number of amides is 2. The van der Waals surface area contributed by atoms with Gasteiger partial charge in [0.2, 0.25) is 5.91 Å². The Morgan fingerprint density at radius 2 is 1.82 bits per heavy atom. The van der Waals surface area contributed by atoms with Gasteiger partial charge < -0.3 is 24.8 Å². The zero-order valence-electron chi connectivity index (χ0n) is 17.3. The highest BCUT2D eigenvalue weighted by molar-refractivity contribution is 5.94. The van der Waals surface area contributed by atoms with Gasteiger partial charge in [-0.3, -0.25) is 9.69 Å². The van der Waals surface area contributed by atoms with Crippen molar-refractivity contribution in [2.24, 2.45) is 0 Å². The summed E-state index contributed by atoms with van der Waals surface area (Å²) in [5.41, 5.74) is 0.0673. The Kier molecular flexibility index (Phi) is 7.51. The van der Waals surface area contributed by atoms with Crippen LogP contribution in [0.3, 0.4) is 0 Å². The van der Waals surface area contributed by atoms with Crippen LogP contribution in [0.5, 0.6) is 11.5 Å². The van der Waals surface area contributed by atoms with Crippen molar-refractivity contribution in [1.82, 2.24) is 10.2 Å². The van der Waals surface area contributed by atoms with Crippen molar-refractivity contribution >= 4 is 17.7 Å². The fraction of sp³-hybridized carbons (Fsp3) is 0.600. The monoisotopic (exact) mass is 393 g/mol. The molecule has 1 heterocycles. The number of rotatable bonds is 6. The maximum absolute atomic E-state index is 12.4. The van der Waals surface area contributed by atoms with E-state index in [0.717, 1.165) is 25.9 Å². The van der Waals surface area contributed by atoms with Crippen molar-refractivity contribution in [3.63, 3.8) is 0 Å². The van der Waals surface area contributed by atoms with Gasteiger partial charge in [-0.15, -0.1) is 0 Å². The third-order valence-electron chi connectivity index (χ3n) is 4.36. The first-order valence-corrected chi connectivity index (χ1v) is 9.44. The fourth-order valence-corrected chi connectivity index (χ4v) is 3.01. The van der Waals surface area contributed by atoms with E-state index in [9.17, 15) is 9.59 Å².